The Morgan fingerprint density at radius 2 is 2.11 bits per heavy atom. The first kappa shape index (κ1) is 14.3. The molecule has 0 bridgehead atoms. The highest BCUT2D eigenvalue weighted by Gasteiger charge is 2.23. The van der Waals surface area contributed by atoms with Gasteiger partial charge in [0, 0.05) is 31.1 Å². The molecule has 1 atom stereocenters. The molecule has 0 spiro atoms. The van der Waals surface area contributed by atoms with Crippen molar-refractivity contribution >= 4 is 15.5 Å². The van der Waals surface area contributed by atoms with Crippen molar-refractivity contribution in [2.24, 2.45) is 0 Å². The molecule has 5 heteroatoms. The van der Waals surface area contributed by atoms with E-state index in [1.54, 1.807) is 0 Å². The smallest absolute Gasteiger partial charge is 0.147 e. The van der Waals surface area contributed by atoms with Gasteiger partial charge in [0.15, 0.2) is 0 Å². The van der Waals surface area contributed by atoms with Gasteiger partial charge in [-0.25, -0.2) is 8.42 Å². The monoisotopic (exact) mass is 282 g/mol. The van der Waals surface area contributed by atoms with Crippen LogP contribution in [0, 0.1) is 0 Å². The first-order valence-corrected chi connectivity index (χ1v) is 8.76. The number of fused-ring (bicyclic) bond motifs is 1. The summed E-state index contributed by atoms with van der Waals surface area (Å²) in [4.78, 5) is 2.30. The van der Waals surface area contributed by atoms with E-state index in [1.165, 1.54) is 17.5 Å². The Morgan fingerprint density at radius 3 is 2.79 bits per heavy atom. The molecule has 4 nitrogen and oxygen atoms in total. The molecule has 1 heterocycles. The molecule has 2 rings (SSSR count). The van der Waals surface area contributed by atoms with Gasteiger partial charge >= 0.3 is 0 Å². The van der Waals surface area contributed by atoms with Crippen molar-refractivity contribution in [3.8, 4) is 0 Å². The minimum Gasteiger partial charge on any atom is -0.371 e. The Morgan fingerprint density at radius 1 is 1.37 bits per heavy atom. The quantitative estimate of drug-likeness (QED) is 0.891. The van der Waals surface area contributed by atoms with Gasteiger partial charge in [0.05, 0.1) is 5.75 Å². The number of rotatable bonds is 5. The van der Waals surface area contributed by atoms with E-state index in [4.69, 9.17) is 0 Å². The standard InChI is InChI=1S/C14H22N2O2S/c1-15-13-8-10-16(9-5-11-19(2,17)18)14-7-4-3-6-12(13)14/h3-4,6-7,13,15H,5,8-11H2,1-2H3. The molecule has 0 aliphatic carbocycles. The van der Waals surface area contributed by atoms with Gasteiger partial charge in [0.25, 0.3) is 0 Å². The minimum atomic E-state index is -2.86. The number of benzene rings is 1. The predicted molar refractivity (Wildman–Crippen MR) is 79.4 cm³/mol. The molecule has 0 aromatic heterocycles. The second-order valence-corrected chi connectivity index (χ2v) is 7.42. The van der Waals surface area contributed by atoms with Crippen molar-refractivity contribution in [1.82, 2.24) is 5.32 Å². The average molecular weight is 282 g/mol. The molecule has 0 amide bonds. The Hall–Kier alpha value is -1.07. The highest BCUT2D eigenvalue weighted by molar-refractivity contribution is 7.90. The molecular formula is C14H22N2O2S. The van der Waals surface area contributed by atoms with E-state index in [9.17, 15) is 8.42 Å². The van der Waals surface area contributed by atoms with Gasteiger partial charge in [-0.1, -0.05) is 18.2 Å². The third-order valence-electron chi connectivity index (χ3n) is 3.63. The summed E-state index contributed by atoms with van der Waals surface area (Å²) in [5.74, 6) is 0.265. The lowest BCUT2D eigenvalue weighted by Gasteiger charge is -2.35. The first-order valence-electron chi connectivity index (χ1n) is 6.70. The molecule has 0 fully saturated rings. The Balaban J connectivity index is 2.07. The summed E-state index contributed by atoms with van der Waals surface area (Å²) in [5.41, 5.74) is 2.55. The summed E-state index contributed by atoms with van der Waals surface area (Å²) in [7, 11) is -0.870. The number of nitrogens with zero attached hydrogens (tertiary/aromatic N) is 1. The van der Waals surface area contributed by atoms with Crippen molar-refractivity contribution < 1.29 is 8.42 Å². The lowest BCUT2D eigenvalue weighted by Crippen LogP contribution is -2.35. The van der Waals surface area contributed by atoms with Gasteiger partial charge in [-0.2, -0.15) is 0 Å². The zero-order valence-electron chi connectivity index (χ0n) is 11.6. The zero-order valence-corrected chi connectivity index (χ0v) is 12.4. The van der Waals surface area contributed by atoms with E-state index < -0.39 is 9.84 Å². The van der Waals surface area contributed by atoms with Crippen LogP contribution in [0.15, 0.2) is 24.3 Å². The fraction of sp³-hybridized carbons (Fsp3) is 0.571. The molecule has 0 radical (unpaired) electrons. The molecule has 0 saturated carbocycles. The summed E-state index contributed by atoms with van der Waals surface area (Å²) in [5, 5.41) is 3.34. The van der Waals surface area contributed by atoms with Crippen molar-refractivity contribution in [3.05, 3.63) is 29.8 Å². The van der Waals surface area contributed by atoms with Crippen molar-refractivity contribution in [2.75, 3.05) is 37.0 Å². The van der Waals surface area contributed by atoms with Gasteiger partial charge in [0.2, 0.25) is 0 Å². The van der Waals surface area contributed by atoms with Crippen LogP contribution in [0.3, 0.4) is 0 Å². The van der Waals surface area contributed by atoms with Gasteiger partial charge < -0.3 is 10.2 Å². The molecule has 1 aromatic rings. The number of nitrogens with one attached hydrogen (secondary N) is 1. The molecule has 1 aliphatic heterocycles. The van der Waals surface area contributed by atoms with Crippen LogP contribution in [0.25, 0.3) is 0 Å². The zero-order chi connectivity index (χ0) is 13.9. The van der Waals surface area contributed by atoms with Gasteiger partial charge in [-0.05, 0) is 31.5 Å². The molecule has 1 aromatic carbocycles. The highest BCUT2D eigenvalue weighted by atomic mass is 32.2. The summed E-state index contributed by atoms with van der Waals surface area (Å²) in [6, 6.07) is 8.78. The maximum atomic E-state index is 11.2. The van der Waals surface area contributed by atoms with Gasteiger partial charge in [-0.3, -0.25) is 0 Å². The fourth-order valence-corrected chi connectivity index (χ4v) is 3.33. The Kier molecular flexibility index (Phi) is 4.47. The Labute approximate surface area is 115 Å². The van der Waals surface area contributed by atoms with E-state index in [1.807, 2.05) is 13.1 Å². The van der Waals surface area contributed by atoms with Crippen molar-refractivity contribution in [3.63, 3.8) is 0 Å². The molecule has 1 unspecified atom stereocenters. The van der Waals surface area contributed by atoms with E-state index in [0.717, 1.165) is 19.5 Å². The summed E-state index contributed by atoms with van der Waals surface area (Å²) in [6.07, 6.45) is 3.05. The van der Waals surface area contributed by atoms with E-state index in [0.29, 0.717) is 12.5 Å². The van der Waals surface area contributed by atoms with Gasteiger partial charge in [-0.15, -0.1) is 0 Å². The average Bonchev–Trinajstić information content (AvgIpc) is 2.37. The second-order valence-electron chi connectivity index (χ2n) is 5.16. The topological polar surface area (TPSA) is 49.4 Å². The van der Waals surface area contributed by atoms with E-state index >= 15 is 0 Å². The fourth-order valence-electron chi connectivity index (χ4n) is 2.68. The van der Waals surface area contributed by atoms with Gasteiger partial charge in [0.1, 0.15) is 9.84 Å². The van der Waals surface area contributed by atoms with Crippen LogP contribution in [0.5, 0.6) is 0 Å². The van der Waals surface area contributed by atoms with Crippen LogP contribution in [-0.4, -0.2) is 40.6 Å². The van der Waals surface area contributed by atoms with Crippen molar-refractivity contribution in [1.29, 1.82) is 0 Å². The Bertz CT molecular complexity index is 528. The maximum absolute atomic E-state index is 11.2. The number of para-hydroxylation sites is 1. The van der Waals surface area contributed by atoms with Crippen molar-refractivity contribution in [2.45, 2.75) is 18.9 Å². The normalized spacial score (nSPS) is 19.3. The highest BCUT2D eigenvalue weighted by Crippen LogP contribution is 2.33. The number of sulfone groups is 1. The van der Waals surface area contributed by atoms with Crippen LogP contribution in [0.4, 0.5) is 5.69 Å². The number of hydrogen-bond acceptors (Lipinski definition) is 4. The van der Waals surface area contributed by atoms with Crippen LogP contribution in [0.2, 0.25) is 0 Å². The summed E-state index contributed by atoms with van der Waals surface area (Å²) >= 11 is 0. The summed E-state index contributed by atoms with van der Waals surface area (Å²) < 4.78 is 22.4. The van der Waals surface area contributed by atoms with Crippen LogP contribution < -0.4 is 10.2 Å². The number of anilines is 1. The SMILES string of the molecule is CNC1CCN(CCCS(C)(=O)=O)c2ccccc21. The maximum Gasteiger partial charge on any atom is 0.147 e. The molecule has 1 N–H and O–H groups in total. The molecule has 106 valence electrons. The van der Waals surface area contributed by atoms with Crippen LogP contribution >= 0.6 is 0 Å². The van der Waals surface area contributed by atoms with Crippen LogP contribution in [0.1, 0.15) is 24.4 Å². The lowest BCUT2D eigenvalue weighted by atomic mass is 9.96. The second kappa shape index (κ2) is 5.92. The first-order chi connectivity index (χ1) is 9.01. The van der Waals surface area contributed by atoms with E-state index in [2.05, 4.69) is 28.4 Å². The van der Waals surface area contributed by atoms with E-state index in [-0.39, 0.29) is 5.75 Å². The lowest BCUT2D eigenvalue weighted by molar-refractivity contribution is 0.515. The van der Waals surface area contributed by atoms with Crippen LogP contribution in [-0.2, 0) is 9.84 Å². The molecule has 1 aliphatic rings. The molecule has 0 saturated heterocycles. The molecule has 19 heavy (non-hydrogen) atoms. The predicted octanol–water partition coefficient (Wildman–Crippen LogP) is 1.59. The summed E-state index contributed by atoms with van der Waals surface area (Å²) in [6.45, 7) is 1.78. The minimum absolute atomic E-state index is 0.265. The number of hydrogen-bond donors (Lipinski definition) is 1. The third-order valence-corrected chi connectivity index (χ3v) is 4.66. The molecular weight excluding hydrogens is 260 g/mol. The third kappa shape index (κ3) is 3.70. The largest absolute Gasteiger partial charge is 0.371 e.